The number of amides is 1. The number of hydrogen-bond acceptors (Lipinski definition) is 5. The normalized spacial score (nSPS) is 15.1. The number of nitrogens with one attached hydrogen (secondary N) is 1. The van der Waals surface area contributed by atoms with Gasteiger partial charge in [-0.2, -0.15) is 0 Å². The van der Waals surface area contributed by atoms with Crippen LogP contribution in [0.3, 0.4) is 0 Å². The van der Waals surface area contributed by atoms with Gasteiger partial charge in [-0.25, -0.2) is 0 Å². The van der Waals surface area contributed by atoms with E-state index in [-0.39, 0.29) is 5.91 Å². The van der Waals surface area contributed by atoms with Crippen LogP contribution in [0.25, 0.3) is 6.08 Å². The number of unbranched alkanes of at least 4 members (excludes halogenated alkanes) is 1. The Morgan fingerprint density at radius 3 is 2.54 bits per heavy atom. The van der Waals surface area contributed by atoms with Gasteiger partial charge in [-0.15, -0.1) is 10.2 Å². The Labute approximate surface area is 167 Å². The third-order valence-corrected chi connectivity index (χ3v) is 4.85. The average molecular weight is 380 g/mol. The molecule has 28 heavy (non-hydrogen) atoms. The molecular formula is C22H29N5O. The molecule has 1 aromatic carbocycles. The van der Waals surface area contributed by atoms with Crippen molar-refractivity contribution in [3.05, 3.63) is 59.8 Å². The maximum absolute atomic E-state index is 12.6. The highest BCUT2D eigenvalue weighted by Crippen LogP contribution is 2.09. The molecule has 3 rings (SSSR count). The Balaban J connectivity index is 1.44. The molecule has 1 saturated heterocycles. The van der Waals surface area contributed by atoms with Crippen LogP contribution in [0.2, 0.25) is 0 Å². The van der Waals surface area contributed by atoms with Crippen LogP contribution in [-0.2, 0) is 0 Å². The molecule has 2 aromatic rings. The summed E-state index contributed by atoms with van der Waals surface area (Å²) in [5.74, 6) is 0.687. The van der Waals surface area contributed by atoms with Gasteiger partial charge in [-0.1, -0.05) is 55.8 Å². The van der Waals surface area contributed by atoms with Crippen molar-refractivity contribution in [2.45, 2.75) is 19.8 Å². The fourth-order valence-corrected chi connectivity index (χ4v) is 3.13. The molecule has 6 heteroatoms. The number of rotatable bonds is 8. The minimum absolute atomic E-state index is 0.0351. The summed E-state index contributed by atoms with van der Waals surface area (Å²) in [5.41, 5.74) is 1.63. The zero-order chi connectivity index (χ0) is 19.6. The second kappa shape index (κ2) is 10.6. The summed E-state index contributed by atoms with van der Waals surface area (Å²) in [4.78, 5) is 16.9. The molecular weight excluding hydrogens is 350 g/mol. The maximum atomic E-state index is 12.6. The van der Waals surface area contributed by atoms with Crippen LogP contribution >= 0.6 is 0 Å². The highest BCUT2D eigenvalue weighted by atomic mass is 16.2. The van der Waals surface area contributed by atoms with Crippen LogP contribution in [-0.4, -0.2) is 65.2 Å². The Morgan fingerprint density at radius 1 is 1.07 bits per heavy atom. The van der Waals surface area contributed by atoms with E-state index >= 15 is 0 Å². The first-order valence-corrected chi connectivity index (χ1v) is 10.1. The Hall–Kier alpha value is -2.73. The van der Waals surface area contributed by atoms with Gasteiger partial charge in [0.2, 0.25) is 0 Å². The van der Waals surface area contributed by atoms with Crippen LogP contribution in [0.1, 0.15) is 35.8 Å². The number of nitrogens with zero attached hydrogens (tertiary/aromatic N) is 4. The maximum Gasteiger partial charge on any atom is 0.274 e. The summed E-state index contributed by atoms with van der Waals surface area (Å²) in [6.45, 7) is 7.10. The van der Waals surface area contributed by atoms with Gasteiger partial charge in [0.15, 0.2) is 5.69 Å². The van der Waals surface area contributed by atoms with Crippen LogP contribution in [0.5, 0.6) is 0 Å². The van der Waals surface area contributed by atoms with E-state index in [9.17, 15) is 4.79 Å². The van der Waals surface area contributed by atoms with Crippen molar-refractivity contribution in [1.82, 2.24) is 20.0 Å². The van der Waals surface area contributed by atoms with Crippen molar-refractivity contribution in [2.24, 2.45) is 0 Å². The molecule has 0 unspecified atom stereocenters. The van der Waals surface area contributed by atoms with Gasteiger partial charge in [0.1, 0.15) is 5.82 Å². The van der Waals surface area contributed by atoms with Gasteiger partial charge in [0.25, 0.3) is 5.91 Å². The lowest BCUT2D eigenvalue weighted by molar-refractivity contribution is 0.0643. The van der Waals surface area contributed by atoms with Gasteiger partial charge in [0.05, 0.1) is 0 Å². The summed E-state index contributed by atoms with van der Waals surface area (Å²) < 4.78 is 0. The minimum Gasteiger partial charge on any atom is -0.369 e. The molecule has 0 saturated carbocycles. The summed E-state index contributed by atoms with van der Waals surface area (Å²) >= 11 is 0. The SMILES string of the molecule is CCCCNc1ccc(C(=O)N2CCN(C/C=C/c3ccccc3)CC2)nn1. The van der Waals surface area contributed by atoms with E-state index in [1.165, 1.54) is 5.56 Å². The van der Waals surface area contributed by atoms with Crippen molar-refractivity contribution in [3.8, 4) is 0 Å². The van der Waals surface area contributed by atoms with E-state index in [0.29, 0.717) is 5.69 Å². The predicted molar refractivity (Wildman–Crippen MR) is 113 cm³/mol. The number of benzene rings is 1. The molecule has 1 fully saturated rings. The van der Waals surface area contributed by atoms with E-state index in [4.69, 9.17) is 0 Å². The lowest BCUT2D eigenvalue weighted by atomic mass is 10.2. The molecule has 0 aliphatic carbocycles. The van der Waals surface area contributed by atoms with Crippen LogP contribution in [0, 0.1) is 0 Å². The molecule has 0 bridgehead atoms. The number of aromatic nitrogens is 2. The topological polar surface area (TPSA) is 61.4 Å². The second-order valence-electron chi connectivity index (χ2n) is 6.99. The molecule has 0 radical (unpaired) electrons. The largest absolute Gasteiger partial charge is 0.369 e. The zero-order valence-electron chi connectivity index (χ0n) is 16.6. The molecule has 6 nitrogen and oxygen atoms in total. The van der Waals surface area contributed by atoms with Crippen LogP contribution in [0.4, 0.5) is 5.82 Å². The molecule has 1 N–H and O–H groups in total. The van der Waals surface area contributed by atoms with Crippen LogP contribution < -0.4 is 5.32 Å². The van der Waals surface area contributed by atoms with Crippen molar-refractivity contribution in [1.29, 1.82) is 0 Å². The average Bonchev–Trinajstić information content (AvgIpc) is 2.75. The predicted octanol–water partition coefficient (Wildman–Crippen LogP) is 3.16. The van der Waals surface area contributed by atoms with Crippen molar-refractivity contribution in [2.75, 3.05) is 44.6 Å². The minimum atomic E-state index is -0.0351. The summed E-state index contributed by atoms with van der Waals surface area (Å²) in [7, 11) is 0. The standard InChI is InChI=1S/C22H29N5O/c1-2-3-13-23-21-12-11-20(24-25-21)22(28)27-17-15-26(16-18-27)14-7-10-19-8-5-4-6-9-19/h4-12H,2-3,13-18H2,1H3,(H,23,25)/b10-7+. The monoisotopic (exact) mass is 379 g/mol. The third-order valence-electron chi connectivity index (χ3n) is 4.85. The molecule has 0 spiro atoms. The summed E-state index contributed by atoms with van der Waals surface area (Å²) in [6, 6.07) is 13.9. The highest BCUT2D eigenvalue weighted by Gasteiger charge is 2.22. The van der Waals surface area contributed by atoms with Crippen molar-refractivity contribution in [3.63, 3.8) is 0 Å². The summed E-state index contributed by atoms with van der Waals surface area (Å²) in [6.07, 6.45) is 6.55. The number of carbonyl (C=O) groups excluding carboxylic acids is 1. The van der Waals surface area contributed by atoms with E-state index in [1.807, 2.05) is 29.2 Å². The Kier molecular flexibility index (Phi) is 7.55. The number of anilines is 1. The fraction of sp³-hybridized carbons (Fsp3) is 0.409. The number of piperazine rings is 1. The van der Waals surface area contributed by atoms with Crippen molar-refractivity contribution >= 4 is 17.8 Å². The number of hydrogen-bond donors (Lipinski definition) is 1. The van der Waals surface area contributed by atoms with Gasteiger partial charge >= 0.3 is 0 Å². The molecule has 1 aliphatic heterocycles. The van der Waals surface area contributed by atoms with Gasteiger partial charge in [0, 0.05) is 39.3 Å². The van der Waals surface area contributed by atoms with Crippen LogP contribution in [0.15, 0.2) is 48.5 Å². The van der Waals surface area contributed by atoms with E-state index in [1.54, 1.807) is 6.07 Å². The molecule has 2 heterocycles. The van der Waals surface area contributed by atoms with Gasteiger partial charge < -0.3 is 10.2 Å². The summed E-state index contributed by atoms with van der Waals surface area (Å²) in [5, 5.41) is 11.4. The third kappa shape index (κ3) is 5.89. The Bertz CT molecular complexity index is 752. The first-order valence-electron chi connectivity index (χ1n) is 10.1. The quantitative estimate of drug-likeness (QED) is 0.714. The second-order valence-corrected chi connectivity index (χ2v) is 6.99. The van der Waals surface area contributed by atoms with Crippen molar-refractivity contribution < 1.29 is 4.79 Å². The number of carbonyl (C=O) groups is 1. The first kappa shape index (κ1) is 20.0. The van der Waals surface area contributed by atoms with E-state index in [0.717, 1.165) is 57.9 Å². The fourth-order valence-electron chi connectivity index (χ4n) is 3.13. The lowest BCUT2D eigenvalue weighted by Gasteiger charge is -2.33. The van der Waals surface area contributed by atoms with E-state index in [2.05, 4.69) is 51.6 Å². The molecule has 0 atom stereocenters. The molecule has 148 valence electrons. The van der Waals surface area contributed by atoms with E-state index < -0.39 is 0 Å². The molecule has 1 aliphatic rings. The molecule has 1 amide bonds. The smallest absolute Gasteiger partial charge is 0.274 e. The lowest BCUT2D eigenvalue weighted by Crippen LogP contribution is -2.48. The zero-order valence-corrected chi connectivity index (χ0v) is 16.6. The first-order chi connectivity index (χ1) is 13.8. The van der Waals surface area contributed by atoms with Gasteiger partial charge in [-0.05, 0) is 24.1 Å². The highest BCUT2D eigenvalue weighted by molar-refractivity contribution is 5.92. The molecule has 1 aromatic heterocycles. The Morgan fingerprint density at radius 2 is 1.86 bits per heavy atom. The van der Waals surface area contributed by atoms with Gasteiger partial charge in [-0.3, -0.25) is 9.69 Å².